The first-order valence-electron chi connectivity index (χ1n) is 9.31. The number of hydrogen-bond donors (Lipinski definition) is 1. The maximum atomic E-state index is 12.1. The summed E-state index contributed by atoms with van der Waals surface area (Å²) in [5.41, 5.74) is 5.01. The zero-order chi connectivity index (χ0) is 18.7. The second-order valence-electron chi connectivity index (χ2n) is 6.42. The van der Waals surface area contributed by atoms with Crippen molar-refractivity contribution < 1.29 is 56.5 Å². The Morgan fingerprint density at radius 3 is 2.56 bits per heavy atom. The summed E-state index contributed by atoms with van der Waals surface area (Å²) >= 11 is 0. The summed E-state index contributed by atoms with van der Waals surface area (Å²) in [6, 6.07) is 10.0. The Balaban J connectivity index is 0.000000844. The van der Waals surface area contributed by atoms with Gasteiger partial charge < -0.3 is 19.9 Å². The van der Waals surface area contributed by atoms with Crippen LogP contribution in [0.15, 0.2) is 42.7 Å². The zero-order valence-electron chi connectivity index (χ0n) is 16.6. The summed E-state index contributed by atoms with van der Waals surface area (Å²) < 4.78 is 2.15. The number of aromatic nitrogens is 2. The van der Waals surface area contributed by atoms with E-state index in [4.69, 9.17) is 5.11 Å². The summed E-state index contributed by atoms with van der Waals surface area (Å²) in [6.45, 7) is 5.93. The van der Waals surface area contributed by atoms with Crippen molar-refractivity contribution in [2.24, 2.45) is 0 Å². The Morgan fingerprint density at radius 1 is 1.22 bits per heavy atom. The molecule has 3 aromatic rings. The van der Waals surface area contributed by atoms with Crippen LogP contribution in [0.25, 0.3) is 16.6 Å². The minimum absolute atomic E-state index is 0. The van der Waals surface area contributed by atoms with Crippen molar-refractivity contribution in [3.63, 3.8) is 0 Å². The molecule has 1 saturated carbocycles. The third kappa shape index (κ3) is 5.01. The van der Waals surface area contributed by atoms with E-state index < -0.39 is 0 Å². The molecule has 0 saturated heterocycles. The average molecular weight is 392 g/mol. The molecule has 0 amide bonds. The smallest absolute Gasteiger partial charge is 0.758 e. The van der Waals surface area contributed by atoms with Gasteiger partial charge in [0.25, 0.3) is 0 Å². The van der Waals surface area contributed by atoms with Crippen molar-refractivity contribution in [3.05, 3.63) is 59.2 Å². The third-order valence-electron chi connectivity index (χ3n) is 4.58. The number of fused-ring (bicyclic) bond motifs is 1. The second kappa shape index (κ2) is 10.2. The molecule has 1 aliphatic rings. The molecule has 5 nitrogen and oxygen atoms in total. The number of aryl methyl sites for hydroxylation is 1. The quantitative estimate of drug-likeness (QED) is 0.529. The molecule has 0 atom stereocenters. The van der Waals surface area contributed by atoms with E-state index in [1.54, 1.807) is 0 Å². The molecule has 27 heavy (non-hydrogen) atoms. The van der Waals surface area contributed by atoms with Crippen molar-refractivity contribution in [1.82, 2.24) is 9.55 Å². The third-order valence-corrected chi connectivity index (χ3v) is 4.58. The Labute approximate surface area is 203 Å². The number of pyridine rings is 1. The first kappa shape index (κ1) is 22.6. The Kier molecular flexibility index (Phi) is 8.49. The van der Waals surface area contributed by atoms with E-state index in [2.05, 4.69) is 15.6 Å². The molecule has 0 radical (unpaired) electrons. The van der Waals surface area contributed by atoms with E-state index in [9.17, 15) is 5.21 Å². The molecule has 0 aliphatic heterocycles. The van der Waals surface area contributed by atoms with Crippen LogP contribution in [0.3, 0.4) is 0 Å². The molecule has 2 aromatic heterocycles. The second-order valence-corrected chi connectivity index (χ2v) is 6.42. The standard InChI is InChI=1S/C19H20N3O2.C2H6.K/c1-13-2-5-16(12-20-13)21-7-6-15-10-17(22(24)8-9-23)11-18(19(15)21)14-3-4-14;1-2;/h2,5-7,10-12,14,23H,3-4,8-9H2,1H3;1-2H3;/q-1;;+1. The summed E-state index contributed by atoms with van der Waals surface area (Å²) in [6.07, 6.45) is 6.24. The summed E-state index contributed by atoms with van der Waals surface area (Å²) in [7, 11) is 0. The molecule has 4 rings (SSSR count). The van der Waals surface area contributed by atoms with Gasteiger partial charge in [0.2, 0.25) is 0 Å². The topological polar surface area (TPSA) is 64.3 Å². The Hall–Kier alpha value is -0.734. The Morgan fingerprint density at radius 2 is 1.96 bits per heavy atom. The van der Waals surface area contributed by atoms with Crippen molar-refractivity contribution in [2.45, 2.75) is 39.5 Å². The van der Waals surface area contributed by atoms with Gasteiger partial charge in [-0.05, 0) is 61.6 Å². The number of anilines is 1. The molecule has 138 valence electrons. The number of nitrogens with zero attached hydrogens (tertiary/aromatic N) is 3. The first-order valence-corrected chi connectivity index (χ1v) is 9.31. The van der Waals surface area contributed by atoms with Gasteiger partial charge >= 0.3 is 51.4 Å². The van der Waals surface area contributed by atoms with E-state index >= 15 is 0 Å². The van der Waals surface area contributed by atoms with Crippen LogP contribution >= 0.6 is 0 Å². The number of hydroxylamine groups is 1. The van der Waals surface area contributed by atoms with Crippen molar-refractivity contribution in [2.75, 3.05) is 18.2 Å². The molecule has 2 heterocycles. The number of rotatable bonds is 5. The van der Waals surface area contributed by atoms with Gasteiger partial charge in [0.15, 0.2) is 0 Å². The molecule has 1 aliphatic carbocycles. The van der Waals surface area contributed by atoms with Crippen LogP contribution in [0, 0.1) is 12.1 Å². The average Bonchev–Trinajstić information content (AvgIpc) is 3.43. The predicted octanol–water partition coefficient (Wildman–Crippen LogP) is 1.54. The van der Waals surface area contributed by atoms with Gasteiger partial charge in [-0.25, -0.2) is 0 Å². The van der Waals surface area contributed by atoms with Crippen molar-refractivity contribution >= 4 is 16.6 Å². The van der Waals surface area contributed by atoms with Crippen LogP contribution in [0.2, 0.25) is 0 Å². The van der Waals surface area contributed by atoms with Crippen LogP contribution in [-0.4, -0.2) is 27.8 Å². The maximum absolute atomic E-state index is 12.1. The molecule has 1 aromatic carbocycles. The monoisotopic (exact) mass is 391 g/mol. The van der Waals surface area contributed by atoms with Crippen LogP contribution in [0.5, 0.6) is 0 Å². The van der Waals surface area contributed by atoms with Crippen molar-refractivity contribution in [3.8, 4) is 5.69 Å². The molecular weight excluding hydrogens is 365 g/mol. The van der Waals surface area contributed by atoms with Crippen LogP contribution in [-0.2, 0) is 0 Å². The zero-order valence-corrected chi connectivity index (χ0v) is 19.8. The first-order chi connectivity index (χ1) is 12.7. The molecule has 0 bridgehead atoms. The molecule has 0 unspecified atom stereocenters. The fourth-order valence-electron chi connectivity index (χ4n) is 3.19. The van der Waals surface area contributed by atoms with Gasteiger partial charge in [0, 0.05) is 29.5 Å². The normalized spacial score (nSPS) is 12.9. The van der Waals surface area contributed by atoms with E-state index in [1.165, 1.54) is 5.56 Å². The fraction of sp³-hybridized carbons (Fsp3) is 0.381. The summed E-state index contributed by atoms with van der Waals surface area (Å²) in [5, 5.41) is 23.1. The van der Waals surface area contributed by atoms with Crippen molar-refractivity contribution in [1.29, 1.82) is 0 Å². The van der Waals surface area contributed by atoms with Gasteiger partial charge in [-0.3, -0.25) is 4.98 Å². The van der Waals surface area contributed by atoms with Crippen LogP contribution < -0.4 is 56.4 Å². The molecule has 1 N–H and O–H groups in total. The van der Waals surface area contributed by atoms with E-state index in [-0.39, 0.29) is 64.5 Å². The minimum Gasteiger partial charge on any atom is -0.758 e. The van der Waals surface area contributed by atoms with Gasteiger partial charge in [0.1, 0.15) is 0 Å². The number of aliphatic hydroxyl groups excluding tert-OH is 1. The van der Waals surface area contributed by atoms with Gasteiger partial charge in [-0.1, -0.05) is 13.8 Å². The SMILES string of the molecule is CC.Cc1ccc(-n2ccc3cc(N([O-])CCO)cc(C4CC4)c32)cn1.[K+]. The molecule has 1 fully saturated rings. The minimum atomic E-state index is -0.143. The summed E-state index contributed by atoms with van der Waals surface area (Å²) in [5.74, 6) is 0.516. The van der Waals surface area contributed by atoms with Gasteiger partial charge in [-0.2, -0.15) is 0 Å². The molecule has 0 spiro atoms. The fourth-order valence-corrected chi connectivity index (χ4v) is 3.19. The van der Waals surface area contributed by atoms with E-state index in [0.29, 0.717) is 11.6 Å². The molecule has 6 heteroatoms. The van der Waals surface area contributed by atoms with Crippen LogP contribution in [0.1, 0.15) is 43.9 Å². The molecular formula is C21H26KN3O2. The largest absolute Gasteiger partial charge is 1.00 e. The predicted molar refractivity (Wildman–Crippen MR) is 107 cm³/mol. The van der Waals surface area contributed by atoms with Gasteiger partial charge in [0.05, 0.1) is 24.0 Å². The number of hydrogen-bond acceptors (Lipinski definition) is 4. The van der Waals surface area contributed by atoms with E-state index in [1.807, 2.05) is 57.4 Å². The summed E-state index contributed by atoms with van der Waals surface area (Å²) in [4.78, 5) is 4.40. The van der Waals surface area contributed by atoms with Crippen LogP contribution in [0.4, 0.5) is 5.69 Å². The number of aliphatic hydroxyl groups is 1. The van der Waals surface area contributed by atoms with Gasteiger partial charge in [-0.15, -0.1) is 0 Å². The number of benzene rings is 1. The van der Waals surface area contributed by atoms with E-state index in [0.717, 1.165) is 40.2 Å². The maximum Gasteiger partial charge on any atom is 1.00 e. The Bertz CT molecular complexity index is 873.